The summed E-state index contributed by atoms with van der Waals surface area (Å²) < 4.78 is 10.9. The molecule has 1 atom stereocenters. The number of aromatic nitrogens is 3. The quantitative estimate of drug-likeness (QED) is 0.855. The summed E-state index contributed by atoms with van der Waals surface area (Å²) in [4.78, 5) is 11.2. The Morgan fingerprint density at radius 3 is 3.00 bits per heavy atom. The molecule has 4 heterocycles. The molecule has 4 rings (SSSR count). The van der Waals surface area contributed by atoms with Gasteiger partial charge in [-0.05, 0) is 25.0 Å². The van der Waals surface area contributed by atoms with Crippen molar-refractivity contribution in [2.24, 2.45) is 0 Å². The molecule has 2 aromatic heterocycles. The second-order valence-corrected chi connectivity index (χ2v) is 5.70. The summed E-state index contributed by atoms with van der Waals surface area (Å²) in [5.74, 6) is 1.90. The summed E-state index contributed by atoms with van der Waals surface area (Å²) in [6, 6.07) is 6.08. The van der Waals surface area contributed by atoms with Gasteiger partial charge in [0, 0.05) is 37.5 Å². The van der Waals surface area contributed by atoms with Gasteiger partial charge in [0.1, 0.15) is 6.10 Å². The first kappa shape index (κ1) is 12.9. The van der Waals surface area contributed by atoms with Crippen molar-refractivity contribution in [3.8, 4) is 0 Å². The van der Waals surface area contributed by atoms with Crippen LogP contribution in [0.3, 0.4) is 0 Å². The van der Waals surface area contributed by atoms with Crippen molar-refractivity contribution in [3.05, 3.63) is 41.8 Å². The molecule has 0 N–H and O–H groups in total. The molecule has 6 nitrogen and oxygen atoms in total. The van der Waals surface area contributed by atoms with Crippen molar-refractivity contribution in [1.82, 2.24) is 20.0 Å². The van der Waals surface area contributed by atoms with Gasteiger partial charge in [0.25, 0.3) is 5.89 Å². The zero-order chi connectivity index (χ0) is 14.1. The molecule has 2 aromatic rings. The van der Waals surface area contributed by atoms with E-state index in [1.54, 1.807) is 0 Å². The van der Waals surface area contributed by atoms with Gasteiger partial charge >= 0.3 is 0 Å². The van der Waals surface area contributed by atoms with Gasteiger partial charge in [0.05, 0.1) is 6.54 Å². The minimum Gasteiger partial charge on any atom is -0.368 e. The van der Waals surface area contributed by atoms with Gasteiger partial charge in [-0.3, -0.25) is 9.88 Å². The van der Waals surface area contributed by atoms with Crippen molar-refractivity contribution in [1.29, 1.82) is 0 Å². The fourth-order valence-corrected chi connectivity index (χ4v) is 2.94. The number of rotatable bonds is 4. The molecular formula is C15H18N4O2. The Morgan fingerprint density at radius 2 is 2.24 bits per heavy atom. The zero-order valence-corrected chi connectivity index (χ0v) is 11.8. The van der Waals surface area contributed by atoms with Gasteiger partial charge in [0.15, 0.2) is 5.82 Å². The predicted octanol–water partition coefficient (Wildman–Crippen LogP) is 1.92. The summed E-state index contributed by atoms with van der Waals surface area (Å²) in [6.07, 6.45) is 3.90. The van der Waals surface area contributed by atoms with E-state index < -0.39 is 0 Å². The Balaban J connectivity index is 1.32. The maximum absolute atomic E-state index is 5.55. The second kappa shape index (κ2) is 5.54. The highest BCUT2D eigenvalue weighted by molar-refractivity contribution is 5.14. The maximum atomic E-state index is 5.55. The summed E-state index contributed by atoms with van der Waals surface area (Å²) in [6.45, 7) is 3.53. The molecule has 2 fully saturated rings. The van der Waals surface area contributed by atoms with Crippen LogP contribution < -0.4 is 0 Å². The van der Waals surface area contributed by atoms with Crippen molar-refractivity contribution in [2.45, 2.75) is 31.4 Å². The van der Waals surface area contributed by atoms with Crippen LogP contribution in [-0.4, -0.2) is 39.7 Å². The van der Waals surface area contributed by atoms with E-state index in [4.69, 9.17) is 9.26 Å². The second-order valence-electron chi connectivity index (χ2n) is 5.70. The first-order valence-electron chi connectivity index (χ1n) is 7.46. The molecule has 0 spiro atoms. The fraction of sp³-hybridized carbons (Fsp3) is 0.533. The minimum absolute atomic E-state index is 0.00362. The smallest absolute Gasteiger partial charge is 0.255 e. The van der Waals surface area contributed by atoms with E-state index in [1.165, 1.54) is 5.69 Å². The minimum atomic E-state index is 0.00362. The lowest BCUT2D eigenvalue weighted by molar-refractivity contribution is 0.0835. The molecule has 0 amide bonds. The molecule has 0 aliphatic carbocycles. The molecule has 2 saturated heterocycles. The van der Waals surface area contributed by atoms with E-state index in [-0.39, 0.29) is 6.10 Å². The number of hydrogen-bond donors (Lipinski definition) is 0. The highest BCUT2D eigenvalue weighted by Gasteiger charge is 2.30. The first-order valence-corrected chi connectivity index (χ1v) is 7.46. The third-order valence-corrected chi connectivity index (χ3v) is 4.12. The van der Waals surface area contributed by atoms with Crippen molar-refractivity contribution in [2.75, 3.05) is 19.7 Å². The monoisotopic (exact) mass is 286 g/mol. The zero-order valence-electron chi connectivity index (χ0n) is 11.8. The average molecular weight is 286 g/mol. The first-order chi connectivity index (χ1) is 10.4. The van der Waals surface area contributed by atoms with Crippen molar-refractivity contribution in [3.63, 3.8) is 0 Å². The molecule has 0 saturated carbocycles. The predicted molar refractivity (Wildman–Crippen MR) is 74.5 cm³/mol. The van der Waals surface area contributed by atoms with Crippen LogP contribution >= 0.6 is 0 Å². The van der Waals surface area contributed by atoms with E-state index in [9.17, 15) is 0 Å². The maximum Gasteiger partial charge on any atom is 0.255 e. The Labute approximate surface area is 123 Å². The molecular weight excluding hydrogens is 268 g/mol. The average Bonchev–Trinajstić information content (AvgIpc) is 3.14. The van der Waals surface area contributed by atoms with Gasteiger partial charge in [0.2, 0.25) is 0 Å². The van der Waals surface area contributed by atoms with E-state index in [1.807, 2.05) is 18.3 Å². The van der Waals surface area contributed by atoms with E-state index >= 15 is 0 Å². The molecule has 2 aliphatic heterocycles. The molecule has 2 aliphatic rings. The van der Waals surface area contributed by atoms with Crippen LogP contribution in [-0.2, 0) is 11.3 Å². The third kappa shape index (κ3) is 2.69. The van der Waals surface area contributed by atoms with Crippen LogP contribution in [0.4, 0.5) is 0 Å². The summed E-state index contributed by atoms with van der Waals surface area (Å²) >= 11 is 0. The number of pyridine rings is 1. The van der Waals surface area contributed by atoms with E-state index in [0.29, 0.717) is 11.8 Å². The Hall–Kier alpha value is -1.79. The highest BCUT2D eigenvalue weighted by atomic mass is 16.5. The lowest BCUT2D eigenvalue weighted by Gasteiger charge is -2.38. The van der Waals surface area contributed by atoms with Crippen LogP contribution in [0.1, 0.15) is 42.3 Å². The van der Waals surface area contributed by atoms with E-state index in [2.05, 4.69) is 26.1 Å². The normalized spacial score (nSPS) is 23.3. The lowest BCUT2D eigenvalue weighted by Crippen LogP contribution is -2.44. The van der Waals surface area contributed by atoms with Gasteiger partial charge in [-0.25, -0.2) is 0 Å². The Bertz CT molecular complexity index is 589. The molecule has 0 radical (unpaired) electrons. The number of likely N-dealkylation sites (tertiary alicyclic amines) is 1. The summed E-state index contributed by atoms with van der Waals surface area (Å²) in [5, 5.41) is 4.06. The molecule has 110 valence electrons. The lowest BCUT2D eigenvalue weighted by atomic mass is 9.96. The molecule has 0 bridgehead atoms. The Morgan fingerprint density at radius 1 is 1.29 bits per heavy atom. The standard InChI is InChI=1S/C15H18N4O2/c1-2-6-16-12(4-1)11-8-19(9-11)10-14-17-15(21-18-14)13-5-3-7-20-13/h1-2,4,6,11,13H,3,5,7-10H2. The largest absolute Gasteiger partial charge is 0.368 e. The van der Waals surface area contributed by atoms with Crippen molar-refractivity contribution < 1.29 is 9.26 Å². The van der Waals surface area contributed by atoms with Gasteiger partial charge in [-0.1, -0.05) is 11.2 Å². The van der Waals surface area contributed by atoms with Crippen molar-refractivity contribution >= 4 is 0 Å². The molecule has 21 heavy (non-hydrogen) atoms. The van der Waals surface area contributed by atoms with Crippen LogP contribution in [0.15, 0.2) is 28.9 Å². The highest BCUT2D eigenvalue weighted by Crippen LogP contribution is 2.29. The topological polar surface area (TPSA) is 64.3 Å². The number of hydrogen-bond acceptors (Lipinski definition) is 6. The van der Waals surface area contributed by atoms with Gasteiger partial charge in [-0.2, -0.15) is 4.98 Å². The van der Waals surface area contributed by atoms with Crippen LogP contribution in [0.5, 0.6) is 0 Å². The van der Waals surface area contributed by atoms with Crippen LogP contribution in [0, 0.1) is 0 Å². The van der Waals surface area contributed by atoms with E-state index in [0.717, 1.165) is 44.9 Å². The number of nitrogens with zero attached hydrogens (tertiary/aromatic N) is 4. The third-order valence-electron chi connectivity index (χ3n) is 4.12. The number of ether oxygens (including phenoxy) is 1. The van der Waals surface area contributed by atoms with Gasteiger partial charge in [-0.15, -0.1) is 0 Å². The summed E-state index contributed by atoms with van der Waals surface area (Å²) in [5.41, 5.74) is 1.17. The van der Waals surface area contributed by atoms with Crippen LogP contribution in [0.2, 0.25) is 0 Å². The molecule has 1 unspecified atom stereocenters. The molecule has 6 heteroatoms. The SMILES string of the molecule is c1ccc(C2CN(Cc3noc(C4CCCO4)n3)C2)nc1. The molecule has 0 aromatic carbocycles. The van der Waals surface area contributed by atoms with Crippen LogP contribution in [0.25, 0.3) is 0 Å². The fourth-order valence-electron chi connectivity index (χ4n) is 2.94. The Kier molecular flexibility index (Phi) is 3.40. The van der Waals surface area contributed by atoms with Gasteiger partial charge < -0.3 is 9.26 Å². The summed E-state index contributed by atoms with van der Waals surface area (Å²) in [7, 11) is 0.